The molecule has 0 saturated carbocycles. The molecule has 0 saturated heterocycles. The number of methoxy groups -OCH3 is 1. The highest BCUT2D eigenvalue weighted by atomic mass is 16.5. The minimum atomic E-state index is 0.0505. The largest absolute Gasteiger partial charge is 0.380 e. The minimum absolute atomic E-state index is 0.0505. The molecule has 0 amide bonds. The molecule has 0 fully saturated rings. The Bertz CT molecular complexity index is 570. The van der Waals surface area contributed by atoms with Gasteiger partial charge >= 0.3 is 0 Å². The van der Waals surface area contributed by atoms with Crippen molar-refractivity contribution in [3.8, 4) is 0 Å². The molecule has 1 aromatic carbocycles. The molecule has 94 valence electrons. The summed E-state index contributed by atoms with van der Waals surface area (Å²) in [6.45, 7) is 2.57. The molecule has 0 unspecified atom stereocenters. The zero-order valence-corrected chi connectivity index (χ0v) is 10.9. The van der Waals surface area contributed by atoms with Gasteiger partial charge in [0.05, 0.1) is 12.3 Å². The first-order valence-electron chi connectivity index (χ1n) is 5.88. The van der Waals surface area contributed by atoms with Gasteiger partial charge in [0.25, 0.3) is 0 Å². The lowest BCUT2D eigenvalue weighted by Gasteiger charge is -2.08. The molecule has 0 atom stereocenters. The molecule has 3 heteroatoms. The van der Waals surface area contributed by atoms with Crippen molar-refractivity contribution in [1.82, 2.24) is 4.57 Å². The molecule has 0 aliphatic heterocycles. The molecule has 2 rings (SSSR count). The average molecular weight is 243 g/mol. The van der Waals surface area contributed by atoms with Crippen LogP contribution in [0.15, 0.2) is 36.5 Å². The van der Waals surface area contributed by atoms with Crippen molar-refractivity contribution in [3.05, 3.63) is 58.9 Å². The quantitative estimate of drug-likeness (QED) is 0.773. The number of ether oxygens (including phenoxy) is 1. The molecule has 1 heterocycles. The Morgan fingerprint density at radius 3 is 2.67 bits per heavy atom. The predicted octanol–water partition coefficient (Wildman–Crippen LogP) is 2.71. The van der Waals surface area contributed by atoms with Crippen LogP contribution in [-0.2, 0) is 18.4 Å². The van der Waals surface area contributed by atoms with E-state index in [0.717, 1.165) is 11.1 Å². The third kappa shape index (κ3) is 2.36. The van der Waals surface area contributed by atoms with Crippen LogP contribution in [-0.4, -0.2) is 17.5 Å². The lowest BCUT2D eigenvalue weighted by Crippen LogP contribution is -2.07. The summed E-state index contributed by atoms with van der Waals surface area (Å²) in [6.07, 6.45) is 1.87. The molecule has 0 N–H and O–H groups in total. The van der Waals surface area contributed by atoms with E-state index in [2.05, 4.69) is 0 Å². The Balaban J connectivity index is 2.32. The third-order valence-corrected chi connectivity index (χ3v) is 3.08. The van der Waals surface area contributed by atoms with E-state index < -0.39 is 0 Å². The third-order valence-electron chi connectivity index (χ3n) is 3.08. The smallest absolute Gasteiger partial charge is 0.209 e. The molecule has 2 aromatic rings. The number of carbonyl (C=O) groups is 1. The zero-order chi connectivity index (χ0) is 13.1. The molecule has 0 aliphatic carbocycles. The highest BCUT2D eigenvalue weighted by Gasteiger charge is 2.12. The number of rotatable bonds is 4. The van der Waals surface area contributed by atoms with E-state index in [1.165, 1.54) is 0 Å². The van der Waals surface area contributed by atoms with Gasteiger partial charge in [-0.15, -0.1) is 0 Å². The molecular weight excluding hydrogens is 226 g/mol. The van der Waals surface area contributed by atoms with E-state index >= 15 is 0 Å². The molecule has 0 radical (unpaired) electrons. The van der Waals surface area contributed by atoms with Crippen molar-refractivity contribution >= 4 is 5.78 Å². The van der Waals surface area contributed by atoms with Gasteiger partial charge < -0.3 is 9.30 Å². The summed E-state index contributed by atoms with van der Waals surface area (Å²) in [4.78, 5) is 12.3. The molecular formula is C15H17NO2. The first-order chi connectivity index (χ1) is 8.63. The predicted molar refractivity (Wildman–Crippen MR) is 70.7 cm³/mol. The van der Waals surface area contributed by atoms with Gasteiger partial charge in [0.15, 0.2) is 0 Å². The summed E-state index contributed by atoms with van der Waals surface area (Å²) in [5, 5.41) is 0. The summed E-state index contributed by atoms with van der Waals surface area (Å²) < 4.78 is 6.95. The van der Waals surface area contributed by atoms with Gasteiger partial charge in [-0.1, -0.05) is 12.1 Å². The number of ketones is 1. The molecule has 18 heavy (non-hydrogen) atoms. The van der Waals surface area contributed by atoms with Crippen LogP contribution in [0.5, 0.6) is 0 Å². The highest BCUT2D eigenvalue weighted by Crippen LogP contribution is 2.15. The second-order valence-corrected chi connectivity index (χ2v) is 4.41. The monoisotopic (exact) mass is 243 g/mol. The van der Waals surface area contributed by atoms with Crippen LogP contribution in [0.2, 0.25) is 0 Å². The number of aromatic nitrogens is 1. The van der Waals surface area contributed by atoms with E-state index in [1.54, 1.807) is 7.11 Å². The molecule has 3 nitrogen and oxygen atoms in total. The van der Waals surface area contributed by atoms with Gasteiger partial charge in [0.1, 0.15) is 0 Å². The maximum Gasteiger partial charge on any atom is 0.209 e. The second-order valence-electron chi connectivity index (χ2n) is 4.41. The second kappa shape index (κ2) is 5.19. The summed E-state index contributed by atoms with van der Waals surface area (Å²) in [7, 11) is 3.54. The fraction of sp³-hybridized carbons (Fsp3) is 0.267. The zero-order valence-electron chi connectivity index (χ0n) is 10.9. The number of hydrogen-bond acceptors (Lipinski definition) is 2. The highest BCUT2D eigenvalue weighted by molar-refractivity contribution is 6.08. The van der Waals surface area contributed by atoms with Crippen LogP contribution in [0, 0.1) is 6.92 Å². The van der Waals surface area contributed by atoms with Crippen molar-refractivity contribution in [2.24, 2.45) is 7.05 Å². The van der Waals surface area contributed by atoms with Crippen LogP contribution < -0.4 is 0 Å². The van der Waals surface area contributed by atoms with Gasteiger partial charge in [0, 0.05) is 25.9 Å². The standard InChI is InChI=1S/C15H17NO2/c1-11-9-12(6-7-13(11)10-18-3)15(17)14-5-4-8-16(14)2/h4-9H,10H2,1-3H3. The fourth-order valence-electron chi connectivity index (χ4n) is 2.00. The summed E-state index contributed by atoms with van der Waals surface area (Å²) in [5.41, 5.74) is 3.61. The van der Waals surface area contributed by atoms with Gasteiger partial charge in [-0.25, -0.2) is 0 Å². The summed E-state index contributed by atoms with van der Waals surface area (Å²) in [6, 6.07) is 9.44. The maximum absolute atomic E-state index is 12.3. The van der Waals surface area contributed by atoms with Gasteiger partial charge in [-0.3, -0.25) is 4.79 Å². The van der Waals surface area contributed by atoms with Crippen LogP contribution in [0.3, 0.4) is 0 Å². The Hall–Kier alpha value is -1.87. The van der Waals surface area contributed by atoms with E-state index in [-0.39, 0.29) is 5.78 Å². The van der Waals surface area contributed by atoms with Crippen LogP contribution in [0.25, 0.3) is 0 Å². The number of benzene rings is 1. The van der Waals surface area contributed by atoms with Crippen molar-refractivity contribution in [1.29, 1.82) is 0 Å². The molecule has 1 aromatic heterocycles. The van der Waals surface area contributed by atoms with Crippen LogP contribution in [0.1, 0.15) is 27.2 Å². The number of aryl methyl sites for hydroxylation is 2. The maximum atomic E-state index is 12.3. The Labute approximate surface area is 107 Å². The number of nitrogens with zero attached hydrogens (tertiary/aromatic N) is 1. The number of hydrogen-bond donors (Lipinski definition) is 0. The van der Waals surface area contributed by atoms with E-state index in [9.17, 15) is 4.79 Å². The minimum Gasteiger partial charge on any atom is -0.380 e. The topological polar surface area (TPSA) is 31.2 Å². The summed E-state index contributed by atoms with van der Waals surface area (Å²) >= 11 is 0. The van der Waals surface area contributed by atoms with Crippen molar-refractivity contribution < 1.29 is 9.53 Å². The first-order valence-corrected chi connectivity index (χ1v) is 5.88. The Morgan fingerprint density at radius 2 is 2.11 bits per heavy atom. The van der Waals surface area contributed by atoms with Gasteiger partial charge in [-0.2, -0.15) is 0 Å². The van der Waals surface area contributed by atoms with E-state index in [4.69, 9.17) is 4.74 Å². The molecule has 0 bridgehead atoms. The van der Waals surface area contributed by atoms with E-state index in [1.807, 2.05) is 55.1 Å². The first kappa shape index (κ1) is 12.6. The number of carbonyl (C=O) groups excluding carboxylic acids is 1. The Morgan fingerprint density at radius 1 is 1.33 bits per heavy atom. The van der Waals surface area contributed by atoms with Crippen molar-refractivity contribution in [2.45, 2.75) is 13.5 Å². The Kier molecular flexibility index (Phi) is 3.63. The average Bonchev–Trinajstić information content (AvgIpc) is 2.77. The summed E-state index contributed by atoms with van der Waals surface area (Å²) in [5.74, 6) is 0.0505. The van der Waals surface area contributed by atoms with Gasteiger partial charge in [0.2, 0.25) is 5.78 Å². The molecule has 0 spiro atoms. The SMILES string of the molecule is COCc1ccc(C(=O)c2cccn2C)cc1C. The van der Waals surface area contributed by atoms with Crippen LogP contribution >= 0.6 is 0 Å². The lowest BCUT2D eigenvalue weighted by atomic mass is 10.0. The van der Waals surface area contributed by atoms with Crippen molar-refractivity contribution in [2.75, 3.05) is 7.11 Å². The van der Waals surface area contributed by atoms with Crippen molar-refractivity contribution in [3.63, 3.8) is 0 Å². The van der Waals surface area contributed by atoms with E-state index in [0.29, 0.717) is 17.9 Å². The van der Waals surface area contributed by atoms with Crippen LogP contribution in [0.4, 0.5) is 0 Å². The lowest BCUT2D eigenvalue weighted by molar-refractivity contribution is 0.103. The normalized spacial score (nSPS) is 10.6. The fourth-order valence-corrected chi connectivity index (χ4v) is 2.00. The van der Waals surface area contributed by atoms with Gasteiger partial charge in [-0.05, 0) is 36.2 Å². The molecule has 0 aliphatic rings.